The van der Waals surface area contributed by atoms with Gasteiger partial charge in [0.2, 0.25) is 0 Å². The number of anilines is 1. The van der Waals surface area contributed by atoms with Crippen LogP contribution in [0.15, 0.2) is 47.1 Å². The lowest BCUT2D eigenvalue weighted by Gasteiger charge is -2.06. The minimum absolute atomic E-state index is 0.0422. The average Bonchev–Trinajstić information content (AvgIpc) is 2.90. The Morgan fingerprint density at radius 2 is 2.11 bits per heavy atom. The molecule has 0 atom stereocenters. The fourth-order valence-electron chi connectivity index (χ4n) is 1.42. The van der Waals surface area contributed by atoms with Crippen molar-refractivity contribution in [1.82, 2.24) is 0 Å². The molecule has 0 aliphatic rings. The Hall–Kier alpha value is -2.83. The molecule has 2 aromatic rings. The second-order valence-electron chi connectivity index (χ2n) is 3.55. The Kier molecular flexibility index (Phi) is 3.77. The summed E-state index contributed by atoms with van der Waals surface area (Å²) in [7, 11) is 0. The number of benzene rings is 1. The Morgan fingerprint density at radius 1 is 1.32 bits per heavy atom. The maximum Gasteiger partial charge on any atom is 0.412 e. The number of amides is 1. The Labute approximate surface area is 107 Å². The second-order valence-corrected chi connectivity index (χ2v) is 3.55. The number of ether oxygens (including phenoxy) is 1. The summed E-state index contributed by atoms with van der Waals surface area (Å²) in [6, 6.07) is 9.12. The highest BCUT2D eigenvalue weighted by molar-refractivity contribution is 5.87. The number of nitrogens with one attached hydrogen (secondary N) is 1. The number of nitro benzene ring substituents is 1. The van der Waals surface area contributed by atoms with Crippen molar-refractivity contribution in [2.24, 2.45) is 0 Å². The van der Waals surface area contributed by atoms with Gasteiger partial charge < -0.3 is 9.15 Å². The first-order valence-corrected chi connectivity index (χ1v) is 5.36. The van der Waals surface area contributed by atoms with Gasteiger partial charge in [0.05, 0.1) is 11.2 Å². The summed E-state index contributed by atoms with van der Waals surface area (Å²) in [5.74, 6) is 0.484. The molecule has 0 saturated heterocycles. The maximum atomic E-state index is 11.5. The molecule has 0 unspecified atom stereocenters. The minimum atomic E-state index is -0.786. The molecule has 19 heavy (non-hydrogen) atoms. The summed E-state index contributed by atoms with van der Waals surface area (Å²) in [6.07, 6.45) is 0.671. The molecule has 0 radical (unpaired) electrons. The molecule has 1 amide bonds. The van der Waals surface area contributed by atoms with Crippen molar-refractivity contribution in [2.75, 3.05) is 5.32 Å². The molecular weight excluding hydrogens is 252 g/mol. The topological polar surface area (TPSA) is 94.6 Å². The molecule has 1 N–H and O–H groups in total. The number of nitrogens with zero attached hydrogens (tertiary/aromatic N) is 1. The van der Waals surface area contributed by atoms with Gasteiger partial charge in [0, 0.05) is 6.07 Å². The van der Waals surface area contributed by atoms with Crippen LogP contribution in [0.2, 0.25) is 0 Å². The van der Waals surface area contributed by atoms with Crippen molar-refractivity contribution in [2.45, 2.75) is 6.61 Å². The molecule has 7 heteroatoms. The molecule has 1 aromatic carbocycles. The first-order valence-electron chi connectivity index (χ1n) is 5.36. The van der Waals surface area contributed by atoms with Gasteiger partial charge in [0.1, 0.15) is 11.4 Å². The lowest BCUT2D eigenvalue weighted by atomic mass is 10.3. The van der Waals surface area contributed by atoms with Crippen LogP contribution in [0.5, 0.6) is 0 Å². The van der Waals surface area contributed by atoms with E-state index in [0.29, 0.717) is 5.76 Å². The molecule has 2 rings (SSSR count). The summed E-state index contributed by atoms with van der Waals surface area (Å²) in [4.78, 5) is 21.6. The molecule has 1 aromatic heterocycles. The zero-order chi connectivity index (χ0) is 13.7. The van der Waals surface area contributed by atoms with Gasteiger partial charge in [-0.15, -0.1) is 0 Å². The van der Waals surface area contributed by atoms with Crippen molar-refractivity contribution in [1.29, 1.82) is 0 Å². The molecule has 7 nitrogen and oxygen atoms in total. The van der Waals surface area contributed by atoms with Gasteiger partial charge in [-0.1, -0.05) is 12.1 Å². The predicted octanol–water partition coefficient (Wildman–Crippen LogP) is 2.94. The molecule has 0 aliphatic carbocycles. The zero-order valence-electron chi connectivity index (χ0n) is 9.74. The number of carbonyl (C=O) groups excluding carboxylic acids is 1. The molecular formula is C12H10N2O5. The second kappa shape index (κ2) is 5.67. The monoisotopic (exact) mass is 262 g/mol. The van der Waals surface area contributed by atoms with Crippen molar-refractivity contribution in [3.8, 4) is 0 Å². The van der Waals surface area contributed by atoms with Crippen LogP contribution >= 0.6 is 0 Å². The van der Waals surface area contributed by atoms with Crippen LogP contribution in [-0.4, -0.2) is 11.0 Å². The van der Waals surface area contributed by atoms with E-state index < -0.39 is 11.0 Å². The first-order chi connectivity index (χ1) is 9.16. The van der Waals surface area contributed by atoms with Gasteiger partial charge in [-0.3, -0.25) is 15.4 Å². The van der Waals surface area contributed by atoms with Gasteiger partial charge >= 0.3 is 6.09 Å². The largest absolute Gasteiger partial charge is 0.466 e. The molecule has 0 fully saturated rings. The van der Waals surface area contributed by atoms with E-state index in [1.807, 2.05) is 0 Å². The molecule has 1 heterocycles. The number of hydrogen-bond acceptors (Lipinski definition) is 5. The van der Waals surface area contributed by atoms with Crippen molar-refractivity contribution in [3.63, 3.8) is 0 Å². The number of furan rings is 1. The highest BCUT2D eigenvalue weighted by Crippen LogP contribution is 2.23. The number of para-hydroxylation sites is 2. The lowest BCUT2D eigenvalue weighted by molar-refractivity contribution is -0.383. The molecule has 0 aliphatic heterocycles. The first kappa shape index (κ1) is 12.6. The Balaban J connectivity index is 1.97. The van der Waals surface area contributed by atoms with Crippen LogP contribution < -0.4 is 5.32 Å². The van der Waals surface area contributed by atoms with Crippen LogP contribution in [0.4, 0.5) is 16.2 Å². The predicted molar refractivity (Wildman–Crippen MR) is 65.6 cm³/mol. The normalized spacial score (nSPS) is 9.89. The van der Waals surface area contributed by atoms with Gasteiger partial charge in [0.15, 0.2) is 6.61 Å². The van der Waals surface area contributed by atoms with Crippen LogP contribution in [0.25, 0.3) is 0 Å². The lowest BCUT2D eigenvalue weighted by Crippen LogP contribution is -2.14. The van der Waals surface area contributed by atoms with Crippen molar-refractivity contribution < 1.29 is 18.9 Å². The average molecular weight is 262 g/mol. The highest BCUT2D eigenvalue weighted by Gasteiger charge is 2.15. The fourth-order valence-corrected chi connectivity index (χ4v) is 1.42. The van der Waals surface area contributed by atoms with E-state index in [4.69, 9.17) is 9.15 Å². The van der Waals surface area contributed by atoms with E-state index in [1.54, 1.807) is 18.2 Å². The maximum absolute atomic E-state index is 11.5. The molecule has 0 spiro atoms. The van der Waals surface area contributed by atoms with Gasteiger partial charge in [0.25, 0.3) is 5.69 Å². The highest BCUT2D eigenvalue weighted by atomic mass is 16.6. The van der Waals surface area contributed by atoms with E-state index in [9.17, 15) is 14.9 Å². The van der Waals surface area contributed by atoms with Gasteiger partial charge in [-0.25, -0.2) is 4.79 Å². The number of rotatable bonds is 4. The van der Waals surface area contributed by atoms with Gasteiger partial charge in [-0.05, 0) is 18.2 Å². The quantitative estimate of drug-likeness (QED) is 0.675. The number of carbonyl (C=O) groups is 1. The van der Waals surface area contributed by atoms with E-state index in [-0.39, 0.29) is 18.0 Å². The van der Waals surface area contributed by atoms with Crippen molar-refractivity contribution >= 4 is 17.5 Å². The van der Waals surface area contributed by atoms with Crippen LogP contribution in [-0.2, 0) is 11.3 Å². The van der Waals surface area contributed by atoms with Crippen molar-refractivity contribution in [3.05, 3.63) is 58.5 Å². The third kappa shape index (κ3) is 3.32. The smallest absolute Gasteiger partial charge is 0.412 e. The van der Waals surface area contributed by atoms with Gasteiger partial charge in [-0.2, -0.15) is 0 Å². The van der Waals surface area contributed by atoms with Crippen LogP contribution in [0, 0.1) is 10.1 Å². The Morgan fingerprint density at radius 3 is 2.79 bits per heavy atom. The molecule has 0 saturated carbocycles. The summed E-state index contributed by atoms with van der Waals surface area (Å²) in [5, 5.41) is 13.1. The third-order valence-corrected chi connectivity index (χ3v) is 2.26. The van der Waals surface area contributed by atoms with E-state index in [0.717, 1.165) is 0 Å². The van der Waals surface area contributed by atoms with Crippen LogP contribution in [0.1, 0.15) is 5.76 Å². The molecule has 0 bridgehead atoms. The summed E-state index contributed by atoms with van der Waals surface area (Å²) in [5.41, 5.74) is -0.116. The number of nitro groups is 1. The Bertz CT molecular complexity index is 580. The minimum Gasteiger partial charge on any atom is -0.466 e. The summed E-state index contributed by atoms with van der Waals surface area (Å²) < 4.78 is 9.84. The van der Waals surface area contributed by atoms with E-state index in [1.165, 1.54) is 24.5 Å². The molecule has 98 valence electrons. The summed E-state index contributed by atoms with van der Waals surface area (Å²) in [6.45, 7) is -0.0422. The standard InChI is InChI=1S/C12H10N2O5/c15-12(19-8-9-4-3-7-18-9)13-10-5-1-2-6-11(10)14(16)17/h1-7H,8H2,(H,13,15). The third-order valence-electron chi connectivity index (χ3n) is 2.26. The fraction of sp³-hybridized carbons (Fsp3) is 0.0833. The number of hydrogen-bond donors (Lipinski definition) is 1. The SMILES string of the molecule is O=C(Nc1ccccc1[N+](=O)[O-])OCc1ccco1. The van der Waals surface area contributed by atoms with Crippen LogP contribution in [0.3, 0.4) is 0 Å². The van der Waals surface area contributed by atoms with E-state index >= 15 is 0 Å². The zero-order valence-corrected chi connectivity index (χ0v) is 9.74. The van der Waals surface area contributed by atoms with E-state index in [2.05, 4.69) is 5.32 Å². The summed E-state index contributed by atoms with van der Waals surface area (Å²) >= 11 is 0.